The van der Waals surface area contributed by atoms with Crippen LogP contribution in [0, 0.1) is 5.92 Å². The second-order valence-corrected chi connectivity index (χ2v) is 5.14. The topological polar surface area (TPSA) is 55.6 Å². The van der Waals surface area contributed by atoms with Crippen LogP contribution in [0.25, 0.3) is 0 Å². The van der Waals surface area contributed by atoms with Gasteiger partial charge in [-0.05, 0) is 18.1 Å². The second-order valence-electron chi connectivity index (χ2n) is 5.14. The molecule has 0 atom stereocenters. The zero-order chi connectivity index (χ0) is 16.0. The molecule has 1 aromatic carbocycles. The van der Waals surface area contributed by atoms with Gasteiger partial charge < -0.3 is 15.4 Å². The summed E-state index contributed by atoms with van der Waals surface area (Å²) in [5, 5.41) is 0. The zero-order valence-electron chi connectivity index (χ0n) is 12.0. The molecule has 1 amide bonds. The molecule has 21 heavy (non-hydrogen) atoms. The number of halogens is 3. The number of rotatable bonds is 6. The third-order valence-electron chi connectivity index (χ3n) is 2.53. The number of ether oxygens (including phenoxy) is 1. The van der Waals surface area contributed by atoms with Gasteiger partial charge in [0.2, 0.25) is 0 Å². The summed E-state index contributed by atoms with van der Waals surface area (Å²) in [4.78, 5) is 12.6. The molecule has 0 spiro atoms. The lowest BCUT2D eigenvalue weighted by Crippen LogP contribution is -2.43. The summed E-state index contributed by atoms with van der Waals surface area (Å²) >= 11 is 0. The lowest BCUT2D eigenvalue weighted by Gasteiger charge is -2.25. The number of nitrogen functional groups attached to an aromatic ring is 1. The van der Waals surface area contributed by atoms with E-state index >= 15 is 0 Å². The summed E-state index contributed by atoms with van der Waals surface area (Å²) in [5.74, 6) is -0.424. The minimum absolute atomic E-state index is 0.0264. The number of hydrogen-bond acceptors (Lipinski definition) is 3. The number of amides is 1. The van der Waals surface area contributed by atoms with Crippen molar-refractivity contribution in [3.05, 3.63) is 24.3 Å². The van der Waals surface area contributed by atoms with Gasteiger partial charge in [0, 0.05) is 18.3 Å². The Kier molecular flexibility index (Phi) is 5.87. The molecule has 0 heterocycles. The Morgan fingerprint density at radius 3 is 2.57 bits per heavy atom. The van der Waals surface area contributed by atoms with E-state index in [0.717, 1.165) is 4.90 Å². The van der Waals surface area contributed by atoms with Crippen molar-refractivity contribution in [3.8, 4) is 5.75 Å². The Bertz CT molecular complexity index is 476. The predicted octanol–water partition coefficient (Wildman–Crippen LogP) is 2.69. The van der Waals surface area contributed by atoms with E-state index in [1.807, 2.05) is 0 Å². The molecule has 0 bridgehead atoms. The quantitative estimate of drug-likeness (QED) is 0.822. The van der Waals surface area contributed by atoms with Gasteiger partial charge in [-0.2, -0.15) is 13.2 Å². The average Bonchev–Trinajstić information content (AvgIpc) is 2.33. The van der Waals surface area contributed by atoms with Gasteiger partial charge in [-0.3, -0.25) is 4.79 Å². The number of hydrogen-bond donors (Lipinski definition) is 1. The summed E-state index contributed by atoms with van der Waals surface area (Å²) in [7, 11) is 0. The third-order valence-corrected chi connectivity index (χ3v) is 2.53. The minimum atomic E-state index is -4.43. The first kappa shape index (κ1) is 17.1. The Labute approximate surface area is 121 Å². The normalized spacial score (nSPS) is 11.5. The van der Waals surface area contributed by atoms with Crippen LogP contribution in [-0.2, 0) is 4.79 Å². The van der Waals surface area contributed by atoms with Crippen LogP contribution in [0.5, 0.6) is 5.75 Å². The summed E-state index contributed by atoms with van der Waals surface area (Å²) in [6, 6.07) is 6.37. The van der Waals surface area contributed by atoms with Crippen molar-refractivity contribution >= 4 is 11.6 Å². The van der Waals surface area contributed by atoms with Gasteiger partial charge in [0.15, 0.2) is 6.61 Å². The highest BCUT2D eigenvalue weighted by Gasteiger charge is 2.33. The van der Waals surface area contributed by atoms with Crippen molar-refractivity contribution in [1.82, 2.24) is 4.90 Å². The maximum absolute atomic E-state index is 12.5. The van der Waals surface area contributed by atoms with Crippen LogP contribution >= 0.6 is 0 Å². The van der Waals surface area contributed by atoms with E-state index in [0.29, 0.717) is 11.4 Å². The Hall–Kier alpha value is -1.92. The fourth-order valence-corrected chi connectivity index (χ4v) is 1.75. The maximum Gasteiger partial charge on any atom is 0.406 e. The van der Waals surface area contributed by atoms with Crippen molar-refractivity contribution < 1.29 is 22.7 Å². The number of carbonyl (C=O) groups is 1. The van der Waals surface area contributed by atoms with Gasteiger partial charge in [0.1, 0.15) is 12.3 Å². The van der Waals surface area contributed by atoms with Crippen LogP contribution in [0.3, 0.4) is 0 Å². The number of nitrogens with two attached hydrogens (primary N) is 1. The molecule has 2 N–H and O–H groups in total. The van der Waals surface area contributed by atoms with Crippen molar-refractivity contribution in [1.29, 1.82) is 0 Å². The van der Waals surface area contributed by atoms with E-state index in [4.69, 9.17) is 10.5 Å². The fourth-order valence-electron chi connectivity index (χ4n) is 1.75. The molecular formula is C14H19F3N2O2. The summed E-state index contributed by atoms with van der Waals surface area (Å²) in [6.45, 7) is 1.79. The first-order chi connectivity index (χ1) is 9.67. The Balaban J connectivity index is 2.63. The fraction of sp³-hybridized carbons (Fsp3) is 0.500. The molecule has 0 aromatic heterocycles. The Morgan fingerprint density at radius 1 is 1.38 bits per heavy atom. The predicted molar refractivity (Wildman–Crippen MR) is 73.8 cm³/mol. The molecule has 0 aliphatic heterocycles. The molecule has 0 aliphatic rings. The molecule has 7 heteroatoms. The molecular weight excluding hydrogens is 285 g/mol. The number of nitrogens with zero attached hydrogens (tertiary/aromatic N) is 1. The lowest BCUT2D eigenvalue weighted by atomic mass is 10.2. The summed E-state index contributed by atoms with van der Waals surface area (Å²) in [6.07, 6.45) is -4.43. The molecule has 0 fully saturated rings. The van der Waals surface area contributed by atoms with Crippen LogP contribution in [0.1, 0.15) is 13.8 Å². The van der Waals surface area contributed by atoms with Crippen LogP contribution in [0.4, 0.5) is 18.9 Å². The molecule has 0 saturated heterocycles. The van der Waals surface area contributed by atoms with E-state index in [1.165, 1.54) is 6.07 Å². The highest BCUT2D eigenvalue weighted by molar-refractivity contribution is 5.77. The second kappa shape index (κ2) is 7.19. The van der Waals surface area contributed by atoms with E-state index in [-0.39, 0.29) is 12.5 Å². The SMILES string of the molecule is CC(C)CN(CC(F)(F)F)C(=O)COc1cccc(N)c1. The maximum atomic E-state index is 12.5. The van der Waals surface area contributed by atoms with Crippen LogP contribution in [0.2, 0.25) is 0 Å². The molecule has 0 radical (unpaired) electrons. The van der Waals surface area contributed by atoms with Crippen molar-refractivity contribution in [3.63, 3.8) is 0 Å². The highest BCUT2D eigenvalue weighted by Crippen LogP contribution is 2.18. The van der Waals surface area contributed by atoms with E-state index in [2.05, 4.69) is 0 Å². The van der Waals surface area contributed by atoms with Gasteiger partial charge >= 0.3 is 6.18 Å². The highest BCUT2D eigenvalue weighted by atomic mass is 19.4. The van der Waals surface area contributed by atoms with Crippen molar-refractivity contribution in [2.24, 2.45) is 5.92 Å². The third kappa shape index (κ3) is 6.87. The van der Waals surface area contributed by atoms with Gasteiger partial charge in [-0.15, -0.1) is 0 Å². The first-order valence-corrected chi connectivity index (χ1v) is 6.50. The van der Waals surface area contributed by atoms with Gasteiger partial charge in [0.05, 0.1) is 0 Å². The summed E-state index contributed by atoms with van der Waals surface area (Å²) in [5.41, 5.74) is 6.00. The molecule has 0 saturated carbocycles. The van der Waals surface area contributed by atoms with Crippen molar-refractivity contribution in [2.45, 2.75) is 20.0 Å². The number of alkyl halides is 3. The zero-order valence-corrected chi connectivity index (χ0v) is 12.0. The molecule has 0 aliphatic carbocycles. The number of carbonyl (C=O) groups excluding carboxylic acids is 1. The first-order valence-electron chi connectivity index (χ1n) is 6.50. The smallest absolute Gasteiger partial charge is 0.406 e. The van der Waals surface area contributed by atoms with Crippen molar-refractivity contribution in [2.75, 3.05) is 25.4 Å². The van der Waals surface area contributed by atoms with E-state index in [1.54, 1.807) is 32.0 Å². The van der Waals surface area contributed by atoms with Gasteiger partial charge in [-0.25, -0.2) is 0 Å². The van der Waals surface area contributed by atoms with E-state index < -0.39 is 25.2 Å². The average molecular weight is 304 g/mol. The standard InChI is InChI=1S/C14H19F3N2O2/c1-10(2)7-19(9-14(15,16)17)13(20)8-21-12-5-3-4-11(18)6-12/h3-6,10H,7-9,18H2,1-2H3. The largest absolute Gasteiger partial charge is 0.484 e. The van der Waals surface area contributed by atoms with Gasteiger partial charge in [-0.1, -0.05) is 19.9 Å². The van der Waals surface area contributed by atoms with Gasteiger partial charge in [0.25, 0.3) is 5.91 Å². The Morgan fingerprint density at radius 2 is 2.05 bits per heavy atom. The minimum Gasteiger partial charge on any atom is -0.484 e. The van der Waals surface area contributed by atoms with Crippen LogP contribution < -0.4 is 10.5 Å². The number of benzene rings is 1. The monoisotopic (exact) mass is 304 g/mol. The molecule has 118 valence electrons. The van der Waals surface area contributed by atoms with E-state index in [9.17, 15) is 18.0 Å². The molecule has 0 unspecified atom stereocenters. The molecule has 4 nitrogen and oxygen atoms in total. The summed E-state index contributed by atoms with van der Waals surface area (Å²) < 4.78 is 42.6. The lowest BCUT2D eigenvalue weighted by molar-refractivity contribution is -0.163. The number of anilines is 1. The molecule has 1 aromatic rings. The van der Waals surface area contributed by atoms with Crippen LogP contribution in [0.15, 0.2) is 24.3 Å². The molecule has 1 rings (SSSR count). The van der Waals surface area contributed by atoms with Crippen LogP contribution in [-0.4, -0.2) is 36.7 Å².